The highest BCUT2D eigenvalue weighted by molar-refractivity contribution is 6.59. The van der Waals surface area contributed by atoms with E-state index >= 15 is 0 Å². The summed E-state index contributed by atoms with van der Waals surface area (Å²) in [6.07, 6.45) is 0. The number of aryl methyl sites for hydroxylation is 1. The Morgan fingerprint density at radius 1 is 1.17 bits per heavy atom. The fourth-order valence-corrected chi connectivity index (χ4v) is 4.10. The van der Waals surface area contributed by atoms with Gasteiger partial charge in [-0.2, -0.15) is 0 Å². The first-order chi connectivity index (χ1) is 14.1. The van der Waals surface area contributed by atoms with Crippen molar-refractivity contribution in [3.05, 3.63) is 58.6 Å². The van der Waals surface area contributed by atoms with Gasteiger partial charge in [0.2, 0.25) is 5.91 Å². The third kappa shape index (κ3) is 4.81. The van der Waals surface area contributed by atoms with Gasteiger partial charge in [-0.1, -0.05) is 56.6 Å². The lowest BCUT2D eigenvalue weighted by atomic mass is 9.79. The summed E-state index contributed by atoms with van der Waals surface area (Å²) in [6.45, 7) is 9.81. The smallest absolute Gasteiger partial charge is 0.422 e. The molecule has 6 nitrogen and oxygen atoms in total. The summed E-state index contributed by atoms with van der Waals surface area (Å²) in [5, 5.41) is 19.1. The van der Waals surface area contributed by atoms with E-state index in [4.69, 9.17) is 16.9 Å². The number of hydrogen-bond acceptors (Lipinski definition) is 5. The van der Waals surface area contributed by atoms with E-state index in [2.05, 4.69) is 9.70 Å². The number of hydrogen-bond donors (Lipinski definition) is 2. The molecule has 1 fully saturated rings. The van der Waals surface area contributed by atoms with Gasteiger partial charge in [-0.25, -0.2) is 0 Å². The largest absolute Gasteiger partial charge is 0.522 e. The van der Waals surface area contributed by atoms with Crippen molar-refractivity contribution in [1.82, 2.24) is 4.90 Å². The molecule has 1 aliphatic heterocycles. The third-order valence-electron chi connectivity index (χ3n) is 5.49. The van der Waals surface area contributed by atoms with Crippen LogP contribution in [0, 0.1) is 12.3 Å². The quantitative estimate of drug-likeness (QED) is 0.442. The number of anilines is 1. The van der Waals surface area contributed by atoms with Crippen LogP contribution >= 0.6 is 11.6 Å². The Morgan fingerprint density at radius 2 is 1.83 bits per heavy atom. The van der Waals surface area contributed by atoms with Gasteiger partial charge in [0, 0.05) is 35.8 Å². The molecule has 30 heavy (non-hydrogen) atoms. The number of carbonyl (C=O) groups is 1. The summed E-state index contributed by atoms with van der Waals surface area (Å²) in [4.78, 5) is 21.4. The number of halogens is 1. The first-order valence-electron chi connectivity index (χ1n) is 10.0. The minimum atomic E-state index is -1.40. The third-order valence-corrected chi connectivity index (χ3v) is 5.72. The number of carbonyl (C=O) groups excluding carboxylic acids is 1. The molecule has 8 heteroatoms. The summed E-state index contributed by atoms with van der Waals surface area (Å²) < 4.78 is 0. The summed E-state index contributed by atoms with van der Waals surface area (Å²) in [6, 6.07) is 12.8. The van der Waals surface area contributed by atoms with Crippen molar-refractivity contribution in [3.8, 4) is 0 Å². The van der Waals surface area contributed by atoms with Crippen molar-refractivity contribution in [2.45, 2.75) is 33.7 Å². The first kappa shape index (κ1) is 22.6. The highest BCUT2D eigenvalue weighted by Gasteiger charge is 2.37. The maximum absolute atomic E-state index is 13.2. The van der Waals surface area contributed by atoms with Crippen LogP contribution in [0.4, 0.5) is 5.69 Å². The average Bonchev–Trinajstić information content (AvgIpc) is 2.72. The highest BCUT2D eigenvalue weighted by Crippen LogP contribution is 2.33. The molecule has 2 aromatic carbocycles. The van der Waals surface area contributed by atoms with Crippen LogP contribution in [0.1, 0.15) is 37.9 Å². The normalized spacial score (nSPS) is 17.2. The maximum Gasteiger partial charge on any atom is 0.522 e. The van der Waals surface area contributed by atoms with Crippen molar-refractivity contribution >= 4 is 35.8 Å². The molecule has 3 rings (SSSR count). The summed E-state index contributed by atoms with van der Waals surface area (Å²) in [5.41, 5.74) is 3.11. The molecular weight excluding hydrogens is 403 g/mol. The van der Waals surface area contributed by atoms with Crippen LogP contribution in [0.2, 0.25) is 5.02 Å². The average molecular weight is 431 g/mol. The molecule has 1 amide bonds. The Balaban J connectivity index is 1.94. The van der Waals surface area contributed by atoms with Crippen molar-refractivity contribution in [2.24, 2.45) is 5.41 Å². The Kier molecular flexibility index (Phi) is 6.77. The summed E-state index contributed by atoms with van der Waals surface area (Å²) >= 11 is 6.13. The van der Waals surface area contributed by atoms with E-state index in [-0.39, 0.29) is 11.9 Å². The van der Waals surface area contributed by atoms with Crippen LogP contribution in [0.3, 0.4) is 0 Å². The number of amides is 1. The summed E-state index contributed by atoms with van der Waals surface area (Å²) in [5.74, 6) is 0.0998. The van der Waals surface area contributed by atoms with Crippen molar-refractivity contribution in [1.29, 1.82) is 0 Å². The Labute approximate surface area is 183 Å². The van der Waals surface area contributed by atoms with Crippen LogP contribution in [0.15, 0.2) is 42.5 Å². The predicted octanol–water partition coefficient (Wildman–Crippen LogP) is 3.26. The monoisotopic (exact) mass is 430 g/mol. The zero-order chi connectivity index (χ0) is 22.1. The molecule has 2 aromatic rings. The van der Waals surface area contributed by atoms with Crippen LogP contribution < -0.4 is 10.4 Å². The second-order valence-corrected chi connectivity index (χ2v) is 9.20. The molecule has 0 aromatic heterocycles. The number of nitrogens with zero attached hydrogens (tertiary/aromatic N) is 2. The van der Waals surface area contributed by atoms with E-state index in [1.807, 2.05) is 62.9 Å². The molecule has 1 aliphatic rings. The van der Waals surface area contributed by atoms with E-state index in [1.54, 1.807) is 12.1 Å². The molecule has 0 saturated carbocycles. The van der Waals surface area contributed by atoms with Gasteiger partial charge in [0.15, 0.2) is 0 Å². The van der Waals surface area contributed by atoms with Gasteiger partial charge in [-0.15, -0.1) is 0 Å². The van der Waals surface area contributed by atoms with Gasteiger partial charge >= 0.3 is 7.12 Å². The second kappa shape index (κ2) is 8.98. The molecule has 0 bridgehead atoms. The minimum absolute atomic E-state index is 0.0998. The van der Waals surface area contributed by atoms with E-state index in [9.17, 15) is 9.82 Å². The van der Waals surface area contributed by atoms with Gasteiger partial charge in [0.1, 0.15) is 0 Å². The van der Waals surface area contributed by atoms with Crippen LogP contribution in [0.25, 0.3) is 0 Å². The fourth-order valence-electron chi connectivity index (χ4n) is 3.88. The van der Waals surface area contributed by atoms with Crippen molar-refractivity contribution in [3.63, 3.8) is 0 Å². The number of piperazine rings is 1. The predicted molar refractivity (Wildman–Crippen MR) is 120 cm³/mol. The zero-order valence-electron chi connectivity index (χ0n) is 17.8. The van der Waals surface area contributed by atoms with Gasteiger partial charge in [0.05, 0.1) is 6.04 Å². The molecule has 1 heterocycles. The molecule has 1 saturated heterocycles. The van der Waals surface area contributed by atoms with Crippen molar-refractivity contribution < 1.29 is 19.9 Å². The first-order valence-corrected chi connectivity index (χ1v) is 10.4. The molecule has 2 N–H and O–H groups in total. The Bertz CT molecular complexity index is 901. The fraction of sp³-hybridized carbons (Fsp3) is 0.409. The molecule has 1 atom stereocenters. The molecule has 1 unspecified atom stereocenters. The van der Waals surface area contributed by atoms with Crippen LogP contribution in [-0.4, -0.2) is 47.8 Å². The lowest BCUT2D eigenvalue weighted by molar-refractivity contribution is -0.154. The standard InChI is InChI=1S/C22H28BClN2O4/c1-15-13-18(24)9-10-19(15)25-11-12-26(21(27)22(2,3)4)20(14-25)16-5-7-17(8-6-16)23(28)30-29/h5-10,13,20,28-29H,11-12,14H2,1-4H3. The zero-order valence-corrected chi connectivity index (χ0v) is 18.6. The molecule has 160 valence electrons. The SMILES string of the molecule is Cc1cc(Cl)ccc1N1CCN(C(=O)C(C)(C)C)C(c2ccc(B(O)OO)cc2)C1. The number of rotatable bonds is 4. The van der Waals surface area contributed by atoms with Crippen molar-refractivity contribution in [2.75, 3.05) is 24.5 Å². The maximum atomic E-state index is 13.2. The number of benzene rings is 2. The van der Waals surface area contributed by atoms with Crippen LogP contribution in [0.5, 0.6) is 0 Å². The molecule has 0 spiro atoms. The van der Waals surface area contributed by atoms with Gasteiger partial charge in [0.25, 0.3) is 0 Å². The van der Waals surface area contributed by atoms with Gasteiger partial charge in [-0.05, 0) is 41.7 Å². The second-order valence-electron chi connectivity index (χ2n) is 8.77. The minimum Gasteiger partial charge on any atom is -0.422 e. The van der Waals surface area contributed by atoms with E-state index < -0.39 is 12.5 Å². The highest BCUT2D eigenvalue weighted by atomic mass is 35.5. The van der Waals surface area contributed by atoms with E-state index in [0.717, 1.165) is 23.4 Å². The van der Waals surface area contributed by atoms with E-state index in [1.165, 1.54) is 0 Å². The van der Waals surface area contributed by atoms with Crippen LogP contribution in [-0.2, 0) is 9.60 Å². The van der Waals surface area contributed by atoms with Gasteiger partial charge in [-0.3, -0.25) is 14.9 Å². The summed E-state index contributed by atoms with van der Waals surface area (Å²) in [7, 11) is -1.40. The Morgan fingerprint density at radius 3 is 2.40 bits per heavy atom. The topological polar surface area (TPSA) is 73.2 Å². The van der Waals surface area contributed by atoms with E-state index in [0.29, 0.717) is 23.6 Å². The molecule has 0 aliphatic carbocycles. The molecule has 0 radical (unpaired) electrons. The molecular formula is C22H28BClN2O4. The Hall–Kier alpha value is -2.06. The lowest BCUT2D eigenvalue weighted by Gasteiger charge is -2.45. The van der Waals surface area contributed by atoms with Gasteiger partial charge < -0.3 is 14.8 Å². The lowest BCUT2D eigenvalue weighted by Crippen LogP contribution is -2.53.